The van der Waals surface area contributed by atoms with Gasteiger partial charge < -0.3 is 9.64 Å². The maximum Gasteiger partial charge on any atom is 0.269 e. The van der Waals surface area contributed by atoms with Gasteiger partial charge >= 0.3 is 0 Å². The summed E-state index contributed by atoms with van der Waals surface area (Å²) in [7, 11) is -3.51. The summed E-state index contributed by atoms with van der Waals surface area (Å²) in [6.07, 6.45) is 2.09. The fourth-order valence-electron chi connectivity index (χ4n) is 3.58. The number of anilines is 2. The topological polar surface area (TPSA) is 66.9 Å². The van der Waals surface area contributed by atoms with Gasteiger partial charge in [-0.2, -0.15) is 0 Å². The molecule has 26 heavy (non-hydrogen) atoms. The molecule has 0 spiro atoms. The van der Waals surface area contributed by atoms with Crippen molar-refractivity contribution >= 4 is 27.3 Å². The van der Waals surface area contributed by atoms with Gasteiger partial charge in [0.25, 0.3) is 5.91 Å². The van der Waals surface area contributed by atoms with Gasteiger partial charge in [0.2, 0.25) is 10.0 Å². The summed E-state index contributed by atoms with van der Waals surface area (Å²) in [6.45, 7) is 0.587. The lowest BCUT2D eigenvalue weighted by molar-refractivity contribution is -0.125. The molecule has 136 valence electrons. The van der Waals surface area contributed by atoms with E-state index >= 15 is 0 Å². The Labute approximate surface area is 153 Å². The van der Waals surface area contributed by atoms with Crippen molar-refractivity contribution < 1.29 is 17.9 Å². The van der Waals surface area contributed by atoms with Crippen LogP contribution in [0.5, 0.6) is 5.75 Å². The minimum absolute atomic E-state index is 0.0205. The summed E-state index contributed by atoms with van der Waals surface area (Å²) in [6, 6.07) is 14.7. The first kappa shape index (κ1) is 16.9. The normalized spacial score (nSPS) is 19.3. The second-order valence-electron chi connectivity index (χ2n) is 6.59. The number of hydrogen-bond acceptors (Lipinski definition) is 4. The molecule has 0 saturated carbocycles. The molecule has 0 aliphatic carbocycles. The Morgan fingerprint density at radius 3 is 2.54 bits per heavy atom. The Balaban J connectivity index is 1.68. The monoisotopic (exact) mass is 372 g/mol. The van der Waals surface area contributed by atoms with Crippen LogP contribution in [-0.4, -0.2) is 39.8 Å². The molecule has 0 fully saturated rings. The van der Waals surface area contributed by atoms with Gasteiger partial charge in [0.05, 0.1) is 18.5 Å². The van der Waals surface area contributed by atoms with Gasteiger partial charge in [-0.1, -0.05) is 30.3 Å². The molecule has 1 amide bonds. The number of rotatable bonds is 2. The second kappa shape index (κ2) is 6.32. The van der Waals surface area contributed by atoms with Crippen LogP contribution in [0.25, 0.3) is 0 Å². The maximum absolute atomic E-state index is 13.2. The molecule has 0 saturated heterocycles. The van der Waals surface area contributed by atoms with Gasteiger partial charge in [-0.15, -0.1) is 0 Å². The number of nitrogens with zero attached hydrogens (tertiary/aromatic N) is 2. The number of carbonyl (C=O) groups excluding carboxylic acids is 1. The van der Waals surface area contributed by atoms with E-state index in [4.69, 9.17) is 4.74 Å². The Hall–Kier alpha value is -2.54. The fraction of sp³-hybridized carbons (Fsp3) is 0.316. The summed E-state index contributed by atoms with van der Waals surface area (Å²) in [5.74, 6) is 0.202. The highest BCUT2D eigenvalue weighted by atomic mass is 32.2. The molecule has 2 aliphatic rings. The first-order chi connectivity index (χ1) is 12.4. The van der Waals surface area contributed by atoms with E-state index in [2.05, 4.69) is 0 Å². The molecule has 2 aromatic carbocycles. The highest BCUT2D eigenvalue weighted by Gasteiger charge is 2.38. The van der Waals surface area contributed by atoms with Crippen molar-refractivity contribution in [1.82, 2.24) is 0 Å². The van der Waals surface area contributed by atoms with Gasteiger partial charge in [0.15, 0.2) is 6.10 Å². The number of hydrogen-bond donors (Lipinski definition) is 0. The number of aryl methyl sites for hydroxylation is 1. The van der Waals surface area contributed by atoms with Crippen LogP contribution in [0.2, 0.25) is 0 Å². The van der Waals surface area contributed by atoms with Crippen LogP contribution < -0.4 is 13.9 Å². The number of fused-ring (bicyclic) bond motifs is 2. The number of carbonyl (C=O) groups is 1. The Morgan fingerprint density at radius 2 is 1.77 bits per heavy atom. The molecule has 1 unspecified atom stereocenters. The van der Waals surface area contributed by atoms with Crippen molar-refractivity contribution in [2.75, 3.05) is 28.6 Å². The van der Waals surface area contributed by atoms with Gasteiger partial charge in [-0.25, -0.2) is 8.42 Å². The van der Waals surface area contributed by atoms with E-state index in [-0.39, 0.29) is 12.5 Å². The molecule has 2 aliphatic heterocycles. The highest BCUT2D eigenvalue weighted by Crippen LogP contribution is 2.36. The first-order valence-corrected chi connectivity index (χ1v) is 10.4. The van der Waals surface area contributed by atoms with E-state index in [9.17, 15) is 13.2 Å². The molecular formula is C19H20N2O4S. The SMILES string of the molecule is CS(=O)(=O)N1CC(C(=O)N2CCCc3ccccc32)Oc2ccccc21. The molecule has 0 aromatic heterocycles. The van der Waals surface area contributed by atoms with Crippen LogP contribution in [0.1, 0.15) is 12.0 Å². The van der Waals surface area contributed by atoms with Gasteiger partial charge in [-0.05, 0) is 36.6 Å². The molecular weight excluding hydrogens is 352 g/mol. The van der Waals surface area contributed by atoms with E-state index < -0.39 is 16.1 Å². The minimum Gasteiger partial charge on any atom is -0.476 e. The van der Waals surface area contributed by atoms with Gasteiger partial charge in [0, 0.05) is 12.2 Å². The van der Waals surface area contributed by atoms with Gasteiger partial charge in [0.1, 0.15) is 5.75 Å². The summed E-state index contributed by atoms with van der Waals surface area (Å²) >= 11 is 0. The number of benzene rings is 2. The van der Waals surface area contributed by atoms with Crippen LogP contribution in [-0.2, 0) is 21.2 Å². The molecule has 0 N–H and O–H groups in total. The summed E-state index contributed by atoms with van der Waals surface area (Å²) in [5.41, 5.74) is 2.48. The van der Waals surface area contributed by atoms with Crippen LogP contribution in [0.3, 0.4) is 0 Å². The third-order valence-electron chi connectivity index (χ3n) is 4.79. The zero-order chi connectivity index (χ0) is 18.3. The Bertz CT molecular complexity index is 958. The van der Waals surface area contributed by atoms with Crippen molar-refractivity contribution in [1.29, 1.82) is 0 Å². The van der Waals surface area contributed by atoms with Crippen molar-refractivity contribution in [3.05, 3.63) is 54.1 Å². The summed E-state index contributed by atoms with van der Waals surface area (Å²) in [5, 5.41) is 0. The number of amides is 1. The smallest absolute Gasteiger partial charge is 0.269 e. The number of ether oxygens (including phenoxy) is 1. The molecule has 1 atom stereocenters. The average molecular weight is 372 g/mol. The predicted molar refractivity (Wildman–Crippen MR) is 100 cm³/mol. The van der Waals surface area contributed by atoms with Gasteiger partial charge in [-0.3, -0.25) is 9.10 Å². The molecule has 6 nitrogen and oxygen atoms in total. The van der Waals surface area contributed by atoms with Crippen molar-refractivity contribution in [3.8, 4) is 5.75 Å². The Morgan fingerprint density at radius 1 is 1.08 bits per heavy atom. The zero-order valence-electron chi connectivity index (χ0n) is 14.5. The fourth-order valence-corrected chi connectivity index (χ4v) is 4.50. The molecule has 0 radical (unpaired) electrons. The average Bonchev–Trinajstić information content (AvgIpc) is 2.65. The first-order valence-electron chi connectivity index (χ1n) is 8.58. The molecule has 7 heteroatoms. The predicted octanol–water partition coefficient (Wildman–Crippen LogP) is 2.19. The van der Waals surface area contributed by atoms with Crippen molar-refractivity contribution in [2.45, 2.75) is 18.9 Å². The maximum atomic E-state index is 13.2. The van der Waals surface area contributed by atoms with E-state index in [1.54, 1.807) is 29.2 Å². The van der Waals surface area contributed by atoms with Crippen LogP contribution in [0.4, 0.5) is 11.4 Å². The Kier molecular flexibility index (Phi) is 4.11. The zero-order valence-corrected chi connectivity index (χ0v) is 15.3. The quantitative estimate of drug-likeness (QED) is 0.811. The van der Waals surface area contributed by atoms with Crippen LogP contribution in [0.15, 0.2) is 48.5 Å². The van der Waals surface area contributed by atoms with E-state index in [1.807, 2.05) is 24.3 Å². The third kappa shape index (κ3) is 2.92. The van der Waals surface area contributed by atoms with E-state index in [1.165, 1.54) is 4.31 Å². The number of sulfonamides is 1. The molecule has 0 bridgehead atoms. The van der Waals surface area contributed by atoms with Crippen molar-refractivity contribution in [3.63, 3.8) is 0 Å². The minimum atomic E-state index is -3.51. The standard InChI is InChI=1S/C19H20N2O4S/c1-26(23,24)21-13-18(25-17-11-5-4-10-16(17)21)19(22)20-12-6-8-14-7-2-3-9-15(14)20/h2-5,7,9-11,18H,6,8,12-13H2,1H3. The molecule has 2 heterocycles. The van der Waals surface area contributed by atoms with E-state index in [0.29, 0.717) is 18.0 Å². The highest BCUT2D eigenvalue weighted by molar-refractivity contribution is 7.92. The molecule has 4 rings (SSSR count). The third-order valence-corrected chi connectivity index (χ3v) is 5.93. The lowest BCUT2D eigenvalue weighted by Crippen LogP contribution is -2.52. The lowest BCUT2D eigenvalue weighted by atomic mass is 10.0. The van der Waals surface area contributed by atoms with Crippen LogP contribution >= 0.6 is 0 Å². The van der Waals surface area contributed by atoms with Crippen molar-refractivity contribution in [2.24, 2.45) is 0 Å². The largest absolute Gasteiger partial charge is 0.476 e. The van der Waals surface area contributed by atoms with E-state index in [0.717, 1.165) is 30.3 Å². The molecule has 2 aromatic rings. The lowest BCUT2D eigenvalue weighted by Gasteiger charge is -2.37. The summed E-state index contributed by atoms with van der Waals surface area (Å²) in [4.78, 5) is 14.9. The number of para-hydroxylation sites is 3. The summed E-state index contributed by atoms with van der Waals surface area (Å²) < 4.78 is 31.6. The van der Waals surface area contributed by atoms with Crippen LogP contribution in [0, 0.1) is 0 Å². The second-order valence-corrected chi connectivity index (χ2v) is 8.50.